The number of aromatic nitrogens is 3. The molecule has 1 amide bonds. The van der Waals surface area contributed by atoms with Crippen molar-refractivity contribution in [1.29, 1.82) is 0 Å². The lowest BCUT2D eigenvalue weighted by Crippen LogP contribution is -2.20. The Hall–Kier alpha value is -2.91. The van der Waals surface area contributed by atoms with E-state index in [0.29, 0.717) is 17.6 Å². The van der Waals surface area contributed by atoms with Crippen LogP contribution in [0.1, 0.15) is 43.6 Å². The van der Waals surface area contributed by atoms with Crippen LogP contribution in [0.5, 0.6) is 0 Å². The Bertz CT molecular complexity index is 1150. The van der Waals surface area contributed by atoms with Crippen molar-refractivity contribution < 1.29 is 4.79 Å². The van der Waals surface area contributed by atoms with Gasteiger partial charge >= 0.3 is 0 Å². The number of carbonyl (C=O) groups excluding carboxylic acids is 1. The van der Waals surface area contributed by atoms with Gasteiger partial charge in [0.15, 0.2) is 11.0 Å². The minimum Gasteiger partial charge on any atom is -0.378 e. The van der Waals surface area contributed by atoms with Gasteiger partial charge in [-0.1, -0.05) is 71.9 Å². The van der Waals surface area contributed by atoms with Crippen LogP contribution in [0.15, 0.2) is 68.8 Å². The first-order chi connectivity index (χ1) is 16.3. The summed E-state index contributed by atoms with van der Waals surface area (Å²) >= 11 is 4.75. The lowest BCUT2D eigenvalue weighted by Gasteiger charge is -2.07. The maximum Gasteiger partial charge on any atom is 0.250 e. The zero-order valence-corrected chi connectivity index (χ0v) is 22.2. The van der Waals surface area contributed by atoms with Crippen LogP contribution in [-0.2, 0) is 18.4 Å². The topological polar surface area (TPSA) is 84.2 Å². The highest BCUT2D eigenvalue weighted by Crippen LogP contribution is 2.18. The van der Waals surface area contributed by atoms with E-state index >= 15 is 0 Å². The minimum absolute atomic E-state index is 0.197. The lowest BCUT2D eigenvalue weighted by atomic mass is 10.0. The summed E-state index contributed by atoms with van der Waals surface area (Å²) in [5.74, 6) is 1.29. The summed E-state index contributed by atoms with van der Waals surface area (Å²) in [5.41, 5.74) is 6.92. The largest absolute Gasteiger partial charge is 0.378 e. The molecular formula is C25H29BrN6OS. The van der Waals surface area contributed by atoms with Gasteiger partial charge in [-0.05, 0) is 53.8 Å². The van der Waals surface area contributed by atoms with Crippen LogP contribution in [-0.4, -0.2) is 32.6 Å². The molecule has 0 atom stereocenters. The Labute approximate surface area is 213 Å². The second-order valence-corrected chi connectivity index (χ2v) is 9.97. The van der Waals surface area contributed by atoms with Crippen molar-refractivity contribution in [2.24, 2.45) is 12.1 Å². The molecule has 0 aliphatic heterocycles. The first kappa shape index (κ1) is 25.7. The fourth-order valence-corrected chi connectivity index (χ4v) is 4.01. The Morgan fingerprint density at radius 2 is 1.85 bits per heavy atom. The second kappa shape index (κ2) is 12.5. The van der Waals surface area contributed by atoms with E-state index in [-0.39, 0.29) is 11.7 Å². The maximum absolute atomic E-state index is 12.2. The Morgan fingerprint density at radius 3 is 2.53 bits per heavy atom. The van der Waals surface area contributed by atoms with Crippen molar-refractivity contribution in [3.63, 3.8) is 0 Å². The average Bonchev–Trinajstić information content (AvgIpc) is 3.17. The van der Waals surface area contributed by atoms with Crippen molar-refractivity contribution in [2.45, 2.75) is 38.4 Å². The van der Waals surface area contributed by atoms with Gasteiger partial charge in [0.1, 0.15) is 0 Å². The van der Waals surface area contributed by atoms with Gasteiger partial charge in [0.2, 0.25) is 0 Å². The number of hydrogen-bond acceptors (Lipinski definition) is 6. The zero-order chi connectivity index (χ0) is 24.5. The monoisotopic (exact) mass is 540 g/mol. The molecule has 9 heteroatoms. The van der Waals surface area contributed by atoms with Crippen LogP contribution in [0.25, 0.3) is 6.08 Å². The van der Waals surface area contributed by atoms with E-state index in [9.17, 15) is 4.79 Å². The average molecular weight is 542 g/mol. The number of hydrogen-bond donors (Lipinski definition) is 2. The molecule has 0 radical (unpaired) electrons. The molecule has 0 unspecified atom stereocenters. The second-order valence-electron chi connectivity index (χ2n) is 8.11. The van der Waals surface area contributed by atoms with Crippen LogP contribution < -0.4 is 10.7 Å². The molecule has 1 aromatic heterocycles. The molecule has 1 heterocycles. The molecule has 2 N–H and O–H groups in total. The maximum atomic E-state index is 12.2. The Balaban J connectivity index is 1.44. The van der Waals surface area contributed by atoms with Gasteiger partial charge in [-0.15, -0.1) is 10.2 Å². The van der Waals surface area contributed by atoms with Gasteiger partial charge in [-0.2, -0.15) is 5.10 Å². The summed E-state index contributed by atoms with van der Waals surface area (Å²) < 4.78 is 2.91. The van der Waals surface area contributed by atoms with Crippen molar-refractivity contribution >= 4 is 51.6 Å². The van der Waals surface area contributed by atoms with Crippen molar-refractivity contribution in [3.8, 4) is 0 Å². The van der Waals surface area contributed by atoms with Crippen LogP contribution in [0.2, 0.25) is 0 Å². The molecule has 3 aromatic rings. The summed E-state index contributed by atoms with van der Waals surface area (Å²) in [6.45, 7) is 6.84. The molecule has 3 rings (SSSR count). The number of halogens is 1. The molecule has 0 saturated carbocycles. The molecule has 0 bridgehead atoms. The number of anilines is 1. The Kier molecular flexibility index (Phi) is 9.47. The van der Waals surface area contributed by atoms with Gasteiger partial charge in [0, 0.05) is 17.2 Å². The van der Waals surface area contributed by atoms with Gasteiger partial charge in [-0.3, -0.25) is 4.79 Å². The van der Waals surface area contributed by atoms with Crippen LogP contribution in [0.4, 0.5) is 5.69 Å². The standard InChI is InChI=1S/C25H29BrN6OS/c1-17(2)20-7-5-19(6-8-20)13-18(3)14-28-30-24(33)16-34-25-31-29-23(32(25)4)15-27-22-11-9-21(26)10-12-22/h5-14,17,27H,15-16H2,1-4H3,(H,30,33). The van der Waals surface area contributed by atoms with Crippen LogP contribution in [0.3, 0.4) is 0 Å². The summed E-state index contributed by atoms with van der Waals surface area (Å²) in [6, 6.07) is 16.4. The minimum atomic E-state index is -0.201. The van der Waals surface area contributed by atoms with Crippen LogP contribution >= 0.6 is 27.7 Å². The summed E-state index contributed by atoms with van der Waals surface area (Å²) in [7, 11) is 1.89. The highest BCUT2D eigenvalue weighted by molar-refractivity contribution is 9.10. The molecule has 2 aromatic carbocycles. The SMILES string of the molecule is CC(C=NNC(=O)CSc1nnc(CNc2ccc(Br)cc2)n1C)=Cc1ccc(C(C)C)cc1. The number of benzene rings is 2. The number of rotatable bonds is 10. The molecule has 0 aliphatic carbocycles. The lowest BCUT2D eigenvalue weighted by molar-refractivity contribution is -0.118. The predicted octanol–water partition coefficient (Wildman–Crippen LogP) is 5.61. The summed E-state index contributed by atoms with van der Waals surface area (Å²) in [5, 5.41) is 16.5. The third-order valence-electron chi connectivity index (χ3n) is 5.01. The molecule has 178 valence electrons. The number of allylic oxidation sites excluding steroid dienone is 1. The molecular weight excluding hydrogens is 512 g/mol. The number of hydrazone groups is 1. The summed E-state index contributed by atoms with van der Waals surface area (Å²) in [4.78, 5) is 12.2. The molecule has 0 fully saturated rings. The van der Waals surface area contributed by atoms with E-state index in [0.717, 1.165) is 27.1 Å². The fourth-order valence-electron chi connectivity index (χ4n) is 3.02. The molecule has 0 saturated heterocycles. The molecule has 34 heavy (non-hydrogen) atoms. The number of thioether (sulfide) groups is 1. The van der Waals surface area contributed by atoms with E-state index in [1.165, 1.54) is 17.3 Å². The zero-order valence-electron chi connectivity index (χ0n) is 19.7. The molecule has 0 spiro atoms. The first-order valence-corrected chi connectivity index (χ1v) is 12.7. The van der Waals surface area contributed by atoms with E-state index in [1.54, 1.807) is 6.21 Å². The molecule has 0 aliphatic rings. The third kappa shape index (κ3) is 7.85. The van der Waals surface area contributed by atoms with Crippen molar-refractivity contribution in [3.05, 3.63) is 75.5 Å². The Morgan fingerprint density at radius 1 is 1.15 bits per heavy atom. The number of carbonyl (C=O) groups is 1. The third-order valence-corrected chi connectivity index (χ3v) is 6.56. The smallest absolute Gasteiger partial charge is 0.250 e. The summed E-state index contributed by atoms with van der Waals surface area (Å²) in [6.07, 6.45) is 3.67. The van der Waals surface area contributed by atoms with Gasteiger partial charge in [0.05, 0.1) is 18.5 Å². The van der Waals surface area contributed by atoms with Gasteiger partial charge < -0.3 is 9.88 Å². The van der Waals surface area contributed by atoms with E-state index in [4.69, 9.17) is 0 Å². The van der Waals surface area contributed by atoms with E-state index < -0.39 is 0 Å². The number of nitrogens with zero attached hydrogens (tertiary/aromatic N) is 4. The predicted molar refractivity (Wildman–Crippen MR) is 144 cm³/mol. The number of amides is 1. The fraction of sp³-hybridized carbons (Fsp3) is 0.280. The quantitative estimate of drug-likeness (QED) is 0.198. The van der Waals surface area contributed by atoms with Gasteiger partial charge in [0.25, 0.3) is 5.91 Å². The first-order valence-electron chi connectivity index (χ1n) is 10.9. The van der Waals surface area contributed by atoms with E-state index in [1.807, 2.05) is 48.9 Å². The highest BCUT2D eigenvalue weighted by Gasteiger charge is 2.11. The highest BCUT2D eigenvalue weighted by atomic mass is 79.9. The number of nitrogens with one attached hydrogen (secondary N) is 2. The van der Waals surface area contributed by atoms with Crippen molar-refractivity contribution in [2.75, 3.05) is 11.1 Å². The van der Waals surface area contributed by atoms with E-state index in [2.05, 4.69) is 80.1 Å². The normalized spacial score (nSPS) is 11.9. The van der Waals surface area contributed by atoms with Crippen LogP contribution in [0, 0.1) is 0 Å². The van der Waals surface area contributed by atoms with Crippen molar-refractivity contribution in [1.82, 2.24) is 20.2 Å². The van der Waals surface area contributed by atoms with Gasteiger partial charge in [-0.25, -0.2) is 5.43 Å². The molecule has 7 nitrogen and oxygen atoms in total.